The molecule has 0 unspecified atom stereocenters. The molecule has 1 aromatic heterocycles. The summed E-state index contributed by atoms with van der Waals surface area (Å²) in [5.74, 6) is -2.31. The molecule has 3 rings (SSSR count). The van der Waals surface area contributed by atoms with E-state index >= 15 is 0 Å². The number of hydrogen-bond acceptors (Lipinski definition) is 4. The number of aromatic nitrogens is 3. The Labute approximate surface area is 137 Å². The highest BCUT2D eigenvalue weighted by molar-refractivity contribution is 5.72. The lowest BCUT2D eigenvalue weighted by Gasteiger charge is -2.16. The number of carbonyl (C=O) groups is 1. The van der Waals surface area contributed by atoms with Crippen LogP contribution < -0.4 is 0 Å². The Morgan fingerprint density at radius 2 is 2.21 bits per heavy atom. The first kappa shape index (κ1) is 16.5. The van der Waals surface area contributed by atoms with Crippen LogP contribution >= 0.6 is 0 Å². The molecule has 1 fully saturated rings. The van der Waals surface area contributed by atoms with Gasteiger partial charge in [0.1, 0.15) is 23.3 Å². The van der Waals surface area contributed by atoms with Gasteiger partial charge in [-0.2, -0.15) is 5.10 Å². The zero-order chi connectivity index (χ0) is 17.3. The van der Waals surface area contributed by atoms with Crippen molar-refractivity contribution in [2.45, 2.75) is 25.8 Å². The van der Waals surface area contributed by atoms with Crippen molar-refractivity contribution in [3.05, 3.63) is 47.0 Å². The van der Waals surface area contributed by atoms with Gasteiger partial charge in [0, 0.05) is 31.5 Å². The van der Waals surface area contributed by atoms with Crippen molar-refractivity contribution in [1.82, 2.24) is 20.1 Å². The number of carboxylic acid groups (broad SMARTS) is 1. The monoisotopic (exact) mass is 336 g/mol. The van der Waals surface area contributed by atoms with E-state index in [0.29, 0.717) is 31.2 Å². The Hall–Kier alpha value is -2.35. The van der Waals surface area contributed by atoms with Gasteiger partial charge in [-0.25, -0.2) is 13.8 Å². The van der Waals surface area contributed by atoms with Crippen LogP contribution in [0.3, 0.4) is 0 Å². The van der Waals surface area contributed by atoms with E-state index in [1.54, 1.807) is 0 Å². The second-order valence-corrected chi connectivity index (χ2v) is 5.96. The van der Waals surface area contributed by atoms with Gasteiger partial charge in [0.15, 0.2) is 0 Å². The first-order valence-corrected chi connectivity index (χ1v) is 7.78. The summed E-state index contributed by atoms with van der Waals surface area (Å²) >= 11 is 0. The summed E-state index contributed by atoms with van der Waals surface area (Å²) in [4.78, 5) is 17.8. The van der Waals surface area contributed by atoms with Gasteiger partial charge in [-0.05, 0) is 11.6 Å². The van der Waals surface area contributed by atoms with Crippen molar-refractivity contribution in [1.29, 1.82) is 0 Å². The van der Waals surface area contributed by atoms with Gasteiger partial charge in [-0.1, -0.05) is 13.0 Å². The number of H-pyrrole nitrogens is 1. The summed E-state index contributed by atoms with van der Waals surface area (Å²) < 4.78 is 27.2. The average molecular weight is 336 g/mol. The van der Waals surface area contributed by atoms with Crippen LogP contribution in [-0.2, 0) is 17.8 Å². The third-order valence-electron chi connectivity index (χ3n) is 4.34. The second-order valence-electron chi connectivity index (χ2n) is 5.96. The van der Waals surface area contributed by atoms with Crippen molar-refractivity contribution >= 4 is 5.97 Å². The molecule has 24 heavy (non-hydrogen) atoms. The summed E-state index contributed by atoms with van der Waals surface area (Å²) in [6, 6.07) is 3.28. The molecule has 0 radical (unpaired) electrons. The molecule has 2 aromatic rings. The van der Waals surface area contributed by atoms with E-state index in [-0.39, 0.29) is 12.1 Å². The lowest BCUT2D eigenvalue weighted by Crippen LogP contribution is -2.23. The van der Waals surface area contributed by atoms with Crippen molar-refractivity contribution in [2.24, 2.45) is 5.92 Å². The normalized spacial score (nSPS) is 21.3. The van der Waals surface area contributed by atoms with E-state index in [1.165, 1.54) is 6.07 Å². The van der Waals surface area contributed by atoms with Crippen LogP contribution in [0.2, 0.25) is 0 Å². The fourth-order valence-electron chi connectivity index (χ4n) is 3.16. The number of nitrogens with one attached hydrogen (secondary N) is 1. The van der Waals surface area contributed by atoms with Gasteiger partial charge < -0.3 is 5.11 Å². The molecule has 2 heterocycles. The average Bonchev–Trinajstić information content (AvgIpc) is 3.14. The maximum absolute atomic E-state index is 14.1. The minimum atomic E-state index is -0.988. The molecule has 0 aliphatic carbocycles. The van der Waals surface area contributed by atoms with E-state index < -0.39 is 29.4 Å². The molecule has 1 aliphatic heterocycles. The molecule has 2 atom stereocenters. The number of aliphatic carboxylic acids is 1. The first-order valence-electron chi connectivity index (χ1n) is 7.78. The molecule has 2 N–H and O–H groups in total. The SMILES string of the molecule is CCc1n[nH]c(CN2C[C@H](C(=O)O)[C@@H](c3ccc(F)cc3F)C2)n1. The van der Waals surface area contributed by atoms with Crippen molar-refractivity contribution in [3.8, 4) is 0 Å². The topological polar surface area (TPSA) is 82.1 Å². The lowest BCUT2D eigenvalue weighted by molar-refractivity contribution is -0.141. The number of nitrogens with zero attached hydrogens (tertiary/aromatic N) is 3. The van der Waals surface area contributed by atoms with Crippen LogP contribution in [0.25, 0.3) is 0 Å². The summed E-state index contributed by atoms with van der Waals surface area (Å²) in [6.07, 6.45) is 0.706. The van der Waals surface area contributed by atoms with Crippen LogP contribution in [0.5, 0.6) is 0 Å². The quantitative estimate of drug-likeness (QED) is 0.872. The fourth-order valence-corrected chi connectivity index (χ4v) is 3.16. The molecule has 6 nitrogen and oxygen atoms in total. The predicted molar refractivity (Wildman–Crippen MR) is 81.3 cm³/mol. The molecular weight excluding hydrogens is 318 g/mol. The largest absolute Gasteiger partial charge is 0.481 e. The molecule has 1 aliphatic rings. The van der Waals surface area contributed by atoms with Crippen LogP contribution in [0.1, 0.15) is 30.1 Å². The van der Waals surface area contributed by atoms with Crippen molar-refractivity contribution in [2.75, 3.05) is 13.1 Å². The van der Waals surface area contributed by atoms with Gasteiger partial charge in [0.05, 0.1) is 12.5 Å². The Morgan fingerprint density at radius 3 is 2.83 bits per heavy atom. The van der Waals surface area contributed by atoms with E-state index in [1.807, 2.05) is 11.8 Å². The number of hydrogen-bond donors (Lipinski definition) is 2. The highest BCUT2D eigenvalue weighted by Crippen LogP contribution is 2.35. The van der Waals surface area contributed by atoms with E-state index in [2.05, 4.69) is 15.2 Å². The van der Waals surface area contributed by atoms with Crippen molar-refractivity contribution in [3.63, 3.8) is 0 Å². The van der Waals surface area contributed by atoms with Gasteiger partial charge in [0.25, 0.3) is 0 Å². The smallest absolute Gasteiger partial charge is 0.308 e. The first-order chi connectivity index (χ1) is 11.5. The van der Waals surface area contributed by atoms with Gasteiger partial charge in [-0.15, -0.1) is 0 Å². The number of likely N-dealkylation sites (tertiary alicyclic amines) is 1. The third-order valence-corrected chi connectivity index (χ3v) is 4.34. The van der Waals surface area contributed by atoms with Crippen LogP contribution in [0.4, 0.5) is 8.78 Å². The molecular formula is C16H18F2N4O2. The molecule has 1 aromatic carbocycles. The van der Waals surface area contributed by atoms with Gasteiger partial charge >= 0.3 is 5.97 Å². The fraction of sp³-hybridized carbons (Fsp3) is 0.438. The number of benzene rings is 1. The molecule has 0 spiro atoms. The minimum Gasteiger partial charge on any atom is -0.481 e. The maximum Gasteiger partial charge on any atom is 0.308 e. The molecule has 1 saturated heterocycles. The Kier molecular flexibility index (Phi) is 4.57. The molecule has 0 bridgehead atoms. The predicted octanol–water partition coefficient (Wildman–Crippen LogP) is 1.95. The van der Waals surface area contributed by atoms with Crippen molar-refractivity contribution < 1.29 is 18.7 Å². The highest BCUT2D eigenvalue weighted by Gasteiger charge is 2.40. The number of aryl methyl sites for hydroxylation is 1. The zero-order valence-electron chi connectivity index (χ0n) is 13.2. The van der Waals surface area contributed by atoms with Crippen LogP contribution in [0, 0.1) is 17.6 Å². The summed E-state index contributed by atoms with van der Waals surface area (Å²) in [5.41, 5.74) is 0.234. The lowest BCUT2D eigenvalue weighted by atomic mass is 9.88. The number of rotatable bonds is 5. The number of aromatic amines is 1. The van der Waals surface area contributed by atoms with E-state index in [0.717, 1.165) is 12.1 Å². The Balaban J connectivity index is 1.80. The Morgan fingerprint density at radius 1 is 1.42 bits per heavy atom. The molecule has 0 saturated carbocycles. The highest BCUT2D eigenvalue weighted by atomic mass is 19.1. The summed E-state index contributed by atoms with van der Waals surface area (Å²) in [5, 5.41) is 16.3. The number of halogens is 2. The standard InChI is InChI=1S/C16H18F2N4O2/c1-2-14-19-15(21-20-14)8-22-6-11(12(7-22)16(23)24)10-4-3-9(17)5-13(10)18/h3-5,11-12H,2,6-8H2,1H3,(H,23,24)(H,19,20,21)/t11-,12+/m1/s1. The second kappa shape index (κ2) is 6.64. The number of carboxylic acids is 1. The summed E-state index contributed by atoms with van der Waals surface area (Å²) in [6.45, 7) is 2.99. The van der Waals surface area contributed by atoms with Crippen LogP contribution in [0.15, 0.2) is 18.2 Å². The van der Waals surface area contributed by atoms with Crippen LogP contribution in [-0.4, -0.2) is 44.2 Å². The van der Waals surface area contributed by atoms with Gasteiger partial charge in [-0.3, -0.25) is 14.8 Å². The molecule has 128 valence electrons. The van der Waals surface area contributed by atoms with Gasteiger partial charge in [0.2, 0.25) is 0 Å². The molecule has 0 amide bonds. The van der Waals surface area contributed by atoms with E-state index in [9.17, 15) is 18.7 Å². The molecule has 8 heteroatoms. The maximum atomic E-state index is 14.1. The third kappa shape index (κ3) is 3.28. The minimum absolute atomic E-state index is 0.234. The van der Waals surface area contributed by atoms with E-state index in [4.69, 9.17) is 0 Å². The Bertz CT molecular complexity index is 749. The zero-order valence-corrected chi connectivity index (χ0v) is 13.2. The summed E-state index contributed by atoms with van der Waals surface area (Å²) in [7, 11) is 0.